The van der Waals surface area contributed by atoms with Gasteiger partial charge in [-0.2, -0.15) is 5.26 Å². The number of fused-ring (bicyclic) bond motifs is 1. The number of nitriles is 1. The van der Waals surface area contributed by atoms with Gasteiger partial charge in [-0.1, -0.05) is 12.1 Å². The minimum atomic E-state index is -0.565. The van der Waals surface area contributed by atoms with Crippen LogP contribution in [0.25, 0.3) is 0 Å². The van der Waals surface area contributed by atoms with Crippen molar-refractivity contribution in [3.63, 3.8) is 0 Å². The second kappa shape index (κ2) is 5.81. The van der Waals surface area contributed by atoms with E-state index in [1.54, 1.807) is 49.4 Å². The highest BCUT2D eigenvalue weighted by molar-refractivity contribution is 6.07. The van der Waals surface area contributed by atoms with Crippen molar-refractivity contribution in [2.75, 3.05) is 10.6 Å². The standard InChI is InChI=1S/C17H13N3O3/c1-10-16(21)20-14-8-11(6-7-15(14)23-10)17(22)19-13-5-3-2-4-12(13)9-18/h2-8,10H,1H3,(H,19,22)(H,20,21). The molecule has 0 saturated carbocycles. The first-order valence-electron chi connectivity index (χ1n) is 7.00. The zero-order valence-corrected chi connectivity index (χ0v) is 12.3. The van der Waals surface area contributed by atoms with Gasteiger partial charge in [0.05, 0.1) is 16.9 Å². The summed E-state index contributed by atoms with van der Waals surface area (Å²) in [7, 11) is 0. The average molecular weight is 307 g/mol. The zero-order valence-electron chi connectivity index (χ0n) is 12.3. The summed E-state index contributed by atoms with van der Waals surface area (Å²) in [6.07, 6.45) is -0.565. The molecule has 114 valence electrons. The fraction of sp³-hybridized carbons (Fsp3) is 0.118. The number of ether oxygens (including phenoxy) is 1. The average Bonchev–Trinajstić information content (AvgIpc) is 2.56. The van der Waals surface area contributed by atoms with Gasteiger partial charge in [-0.3, -0.25) is 9.59 Å². The first-order chi connectivity index (χ1) is 11.1. The maximum absolute atomic E-state index is 12.3. The van der Waals surface area contributed by atoms with E-state index in [0.717, 1.165) is 0 Å². The molecule has 0 aliphatic carbocycles. The number of benzene rings is 2. The van der Waals surface area contributed by atoms with Crippen LogP contribution in [0.4, 0.5) is 11.4 Å². The maximum Gasteiger partial charge on any atom is 0.265 e. The summed E-state index contributed by atoms with van der Waals surface area (Å²) in [6, 6.07) is 13.5. The molecular formula is C17H13N3O3. The number of rotatable bonds is 2. The second-order valence-electron chi connectivity index (χ2n) is 5.07. The molecule has 2 amide bonds. The van der Waals surface area contributed by atoms with E-state index in [1.807, 2.05) is 6.07 Å². The number of hydrogen-bond acceptors (Lipinski definition) is 4. The van der Waals surface area contributed by atoms with E-state index in [-0.39, 0.29) is 11.8 Å². The lowest BCUT2D eigenvalue weighted by Crippen LogP contribution is -2.34. The predicted molar refractivity (Wildman–Crippen MR) is 84.3 cm³/mol. The lowest BCUT2D eigenvalue weighted by atomic mass is 10.1. The number of nitrogens with zero attached hydrogens (tertiary/aromatic N) is 1. The molecule has 2 N–H and O–H groups in total. The Morgan fingerprint density at radius 2 is 2.09 bits per heavy atom. The van der Waals surface area contributed by atoms with Crippen molar-refractivity contribution < 1.29 is 14.3 Å². The molecule has 2 aromatic rings. The minimum absolute atomic E-state index is 0.259. The van der Waals surface area contributed by atoms with E-state index in [0.29, 0.717) is 28.3 Å². The molecule has 0 bridgehead atoms. The van der Waals surface area contributed by atoms with Gasteiger partial charge < -0.3 is 15.4 Å². The van der Waals surface area contributed by atoms with E-state index in [2.05, 4.69) is 10.6 Å². The van der Waals surface area contributed by atoms with Crippen molar-refractivity contribution >= 4 is 23.2 Å². The normalized spacial score (nSPS) is 15.7. The maximum atomic E-state index is 12.3. The van der Waals surface area contributed by atoms with E-state index in [1.165, 1.54) is 0 Å². The van der Waals surface area contributed by atoms with Gasteiger partial charge in [0.15, 0.2) is 6.10 Å². The molecule has 1 atom stereocenters. The van der Waals surface area contributed by atoms with Crippen molar-refractivity contribution in [2.24, 2.45) is 0 Å². The Morgan fingerprint density at radius 3 is 2.87 bits per heavy atom. The van der Waals surface area contributed by atoms with Crippen LogP contribution in [0.1, 0.15) is 22.8 Å². The third-order valence-electron chi connectivity index (χ3n) is 3.47. The van der Waals surface area contributed by atoms with Crippen molar-refractivity contribution in [3.8, 4) is 11.8 Å². The van der Waals surface area contributed by atoms with E-state index in [4.69, 9.17) is 10.00 Å². The molecule has 1 aliphatic rings. The van der Waals surface area contributed by atoms with Crippen molar-refractivity contribution in [2.45, 2.75) is 13.0 Å². The van der Waals surface area contributed by atoms with E-state index < -0.39 is 6.10 Å². The van der Waals surface area contributed by atoms with Gasteiger partial charge in [-0.05, 0) is 37.3 Å². The minimum Gasteiger partial charge on any atom is -0.479 e. The van der Waals surface area contributed by atoms with Crippen LogP contribution < -0.4 is 15.4 Å². The molecule has 0 spiro atoms. The Bertz CT molecular complexity index is 839. The first-order valence-corrected chi connectivity index (χ1v) is 7.00. The number of amides is 2. The number of carbonyl (C=O) groups excluding carboxylic acids is 2. The number of anilines is 2. The fourth-order valence-electron chi connectivity index (χ4n) is 2.23. The molecule has 0 saturated heterocycles. The summed E-state index contributed by atoms with van der Waals surface area (Å²) in [5, 5.41) is 14.4. The fourth-order valence-corrected chi connectivity index (χ4v) is 2.23. The highest BCUT2D eigenvalue weighted by Gasteiger charge is 2.24. The van der Waals surface area contributed by atoms with Crippen LogP contribution >= 0.6 is 0 Å². The van der Waals surface area contributed by atoms with Crippen molar-refractivity contribution in [1.82, 2.24) is 0 Å². The molecule has 6 heteroatoms. The van der Waals surface area contributed by atoms with Crippen LogP contribution in [0.2, 0.25) is 0 Å². The highest BCUT2D eigenvalue weighted by Crippen LogP contribution is 2.30. The molecule has 0 radical (unpaired) electrons. The van der Waals surface area contributed by atoms with Gasteiger partial charge >= 0.3 is 0 Å². The Kier molecular flexibility index (Phi) is 3.69. The Hall–Kier alpha value is -3.33. The lowest BCUT2D eigenvalue weighted by molar-refractivity contribution is -0.122. The Morgan fingerprint density at radius 1 is 1.30 bits per heavy atom. The molecule has 6 nitrogen and oxygen atoms in total. The van der Waals surface area contributed by atoms with Gasteiger partial charge in [0.25, 0.3) is 11.8 Å². The van der Waals surface area contributed by atoms with Crippen molar-refractivity contribution in [3.05, 3.63) is 53.6 Å². The van der Waals surface area contributed by atoms with Crippen LogP contribution in [0.5, 0.6) is 5.75 Å². The van der Waals surface area contributed by atoms with E-state index >= 15 is 0 Å². The molecule has 1 aliphatic heterocycles. The third kappa shape index (κ3) is 2.85. The molecule has 3 rings (SSSR count). The molecular weight excluding hydrogens is 294 g/mol. The summed E-state index contributed by atoms with van der Waals surface area (Å²) in [6.45, 7) is 1.65. The SMILES string of the molecule is CC1Oc2ccc(C(=O)Nc3ccccc3C#N)cc2NC1=O. The quantitative estimate of drug-likeness (QED) is 0.892. The largest absolute Gasteiger partial charge is 0.479 e. The van der Waals surface area contributed by atoms with Gasteiger partial charge in [0.2, 0.25) is 0 Å². The predicted octanol–water partition coefficient (Wildman–Crippen LogP) is 2.53. The monoisotopic (exact) mass is 307 g/mol. The molecule has 0 aromatic heterocycles. The van der Waals surface area contributed by atoms with Crippen LogP contribution in [-0.2, 0) is 4.79 Å². The highest BCUT2D eigenvalue weighted by atomic mass is 16.5. The molecule has 2 aromatic carbocycles. The Labute approximate surface area is 132 Å². The van der Waals surface area contributed by atoms with E-state index in [9.17, 15) is 9.59 Å². The summed E-state index contributed by atoms with van der Waals surface area (Å²) in [4.78, 5) is 24.0. The first kappa shape index (κ1) is 14.6. The lowest BCUT2D eigenvalue weighted by Gasteiger charge is -2.23. The van der Waals surface area contributed by atoms with Gasteiger partial charge in [0, 0.05) is 5.56 Å². The molecule has 23 heavy (non-hydrogen) atoms. The summed E-state index contributed by atoms with van der Waals surface area (Å²) in [5.41, 5.74) is 1.63. The Balaban J connectivity index is 1.85. The van der Waals surface area contributed by atoms with Crippen LogP contribution in [0.3, 0.4) is 0 Å². The number of hydrogen-bond donors (Lipinski definition) is 2. The number of nitrogens with one attached hydrogen (secondary N) is 2. The van der Waals surface area contributed by atoms with Gasteiger partial charge in [-0.25, -0.2) is 0 Å². The third-order valence-corrected chi connectivity index (χ3v) is 3.47. The second-order valence-corrected chi connectivity index (χ2v) is 5.07. The zero-order chi connectivity index (χ0) is 16.4. The van der Waals surface area contributed by atoms with Crippen LogP contribution in [0, 0.1) is 11.3 Å². The van der Waals surface area contributed by atoms with Gasteiger partial charge in [-0.15, -0.1) is 0 Å². The summed E-state index contributed by atoms with van der Waals surface area (Å²) in [5.74, 6) is -0.112. The topological polar surface area (TPSA) is 91.2 Å². The summed E-state index contributed by atoms with van der Waals surface area (Å²) < 4.78 is 5.45. The molecule has 1 heterocycles. The number of para-hydroxylation sites is 1. The number of carbonyl (C=O) groups is 2. The van der Waals surface area contributed by atoms with Crippen molar-refractivity contribution in [1.29, 1.82) is 5.26 Å². The molecule has 0 fully saturated rings. The van der Waals surface area contributed by atoms with Gasteiger partial charge in [0.1, 0.15) is 11.8 Å². The smallest absolute Gasteiger partial charge is 0.265 e. The van der Waals surface area contributed by atoms with Crippen LogP contribution in [0.15, 0.2) is 42.5 Å². The molecule has 1 unspecified atom stereocenters. The summed E-state index contributed by atoms with van der Waals surface area (Å²) >= 11 is 0. The van der Waals surface area contributed by atoms with Crippen LogP contribution in [-0.4, -0.2) is 17.9 Å².